The molecule has 2 aliphatic rings. The molecule has 2 atom stereocenters. The summed E-state index contributed by atoms with van der Waals surface area (Å²) in [5.74, 6) is -2.95. The number of aryl methyl sites for hydroxylation is 1. The molecule has 0 saturated carbocycles. The summed E-state index contributed by atoms with van der Waals surface area (Å²) in [5, 5.41) is 15.7. The third kappa shape index (κ3) is 4.55. The zero-order valence-corrected chi connectivity index (χ0v) is 19.0. The Morgan fingerprint density at radius 2 is 2.12 bits per heavy atom. The Balaban J connectivity index is 1.80. The van der Waals surface area contributed by atoms with Crippen LogP contribution in [0.3, 0.4) is 0 Å². The first-order valence-corrected chi connectivity index (χ1v) is 11.3. The van der Waals surface area contributed by atoms with Crippen LogP contribution in [-0.4, -0.2) is 74.8 Å². The molecule has 2 aliphatic heterocycles. The molecule has 1 aromatic heterocycles. The number of esters is 1. The maximum Gasteiger partial charge on any atom is 0.352 e. The predicted octanol–water partition coefficient (Wildman–Crippen LogP) is 0.0760. The van der Waals surface area contributed by atoms with Crippen molar-refractivity contribution in [1.82, 2.24) is 15.2 Å². The number of rotatable bonds is 8. The highest BCUT2D eigenvalue weighted by Crippen LogP contribution is 2.40. The molecule has 0 spiro atoms. The molecule has 0 radical (unpaired) electrons. The number of ether oxygens (including phenoxy) is 1. The second kappa shape index (κ2) is 9.56. The number of anilines is 1. The number of fused-ring (bicyclic) bond motifs is 1. The van der Waals surface area contributed by atoms with Crippen LogP contribution < -0.4 is 11.1 Å². The highest BCUT2D eigenvalue weighted by atomic mass is 32.2. The molecule has 0 aliphatic carbocycles. The minimum atomic E-state index is -1.32. The number of nitrogens with one attached hydrogen (secondary N) is 1. The number of aliphatic carboxylic acids is 1. The minimum Gasteiger partial charge on any atom is -0.477 e. The maximum atomic E-state index is 12.9. The second-order valence-corrected chi connectivity index (χ2v) is 9.05. The van der Waals surface area contributed by atoms with Crippen LogP contribution in [0.5, 0.6) is 0 Å². The predicted molar refractivity (Wildman–Crippen MR) is 116 cm³/mol. The van der Waals surface area contributed by atoms with Gasteiger partial charge in [-0.05, 0) is 13.8 Å². The Morgan fingerprint density at radius 3 is 2.69 bits per heavy atom. The Bertz CT molecular complexity index is 1030. The van der Waals surface area contributed by atoms with Gasteiger partial charge in [0, 0.05) is 23.1 Å². The molecule has 3 heterocycles. The fourth-order valence-corrected chi connectivity index (χ4v) is 5.17. The van der Waals surface area contributed by atoms with Crippen LogP contribution in [0.15, 0.2) is 16.4 Å². The average Bonchev–Trinajstić information content (AvgIpc) is 3.07. The number of carboxylic acids is 1. The van der Waals surface area contributed by atoms with Gasteiger partial charge in [-0.15, -0.1) is 23.1 Å². The van der Waals surface area contributed by atoms with Crippen molar-refractivity contribution in [3.8, 4) is 0 Å². The van der Waals surface area contributed by atoms with Gasteiger partial charge in [0.15, 0.2) is 10.8 Å². The molecule has 12 nitrogen and oxygen atoms in total. The fourth-order valence-electron chi connectivity index (χ4n) is 3.15. The third-order valence-corrected chi connectivity index (χ3v) is 6.66. The summed E-state index contributed by atoms with van der Waals surface area (Å²) in [6.07, 6.45) is 0. The molecule has 3 rings (SSSR count). The first kappa shape index (κ1) is 23.5. The molecule has 172 valence electrons. The molecule has 2 amide bonds. The van der Waals surface area contributed by atoms with E-state index in [0.29, 0.717) is 10.5 Å². The molecule has 0 unspecified atom stereocenters. The van der Waals surface area contributed by atoms with Crippen molar-refractivity contribution >= 4 is 57.7 Å². The lowest BCUT2D eigenvalue weighted by Crippen LogP contribution is -2.71. The monoisotopic (exact) mass is 483 g/mol. The standard InChI is InChI=1S/C18H21N5O7S2/c1-4-30-22-11(10-7(2)32-18(19)21-10)14(25)20-12-15(26)23-13(17(27)28)9(5-29-8(3)24)6-31-16(12)23/h12,16H,4-6H2,1-3H3,(H2,19,21)(H,20,25)(H,27,28)/t12-,16-/m1/s1. The van der Waals surface area contributed by atoms with Crippen LogP contribution in [0.4, 0.5) is 5.13 Å². The van der Waals surface area contributed by atoms with Gasteiger partial charge in [-0.3, -0.25) is 19.3 Å². The Kier molecular flexibility index (Phi) is 7.03. The van der Waals surface area contributed by atoms with Crippen LogP contribution in [0.25, 0.3) is 0 Å². The molecular formula is C18H21N5O7S2. The van der Waals surface area contributed by atoms with E-state index in [2.05, 4.69) is 15.5 Å². The molecule has 1 aromatic rings. The number of hydrogen-bond donors (Lipinski definition) is 3. The van der Waals surface area contributed by atoms with Crippen molar-refractivity contribution in [2.24, 2.45) is 5.16 Å². The zero-order valence-electron chi connectivity index (χ0n) is 17.4. The van der Waals surface area contributed by atoms with Gasteiger partial charge in [0.1, 0.15) is 36.0 Å². The smallest absolute Gasteiger partial charge is 0.352 e. The summed E-state index contributed by atoms with van der Waals surface area (Å²) in [6.45, 7) is 4.61. The van der Waals surface area contributed by atoms with Gasteiger partial charge in [-0.1, -0.05) is 5.16 Å². The molecule has 14 heteroatoms. The van der Waals surface area contributed by atoms with E-state index in [1.165, 1.54) is 30.0 Å². The quantitative estimate of drug-likeness (QED) is 0.199. The van der Waals surface area contributed by atoms with Crippen LogP contribution >= 0.6 is 23.1 Å². The largest absolute Gasteiger partial charge is 0.477 e. The number of thioether (sulfide) groups is 1. The summed E-state index contributed by atoms with van der Waals surface area (Å²) in [5.41, 5.74) is 5.90. The van der Waals surface area contributed by atoms with Gasteiger partial charge in [0.05, 0.1) is 0 Å². The van der Waals surface area contributed by atoms with E-state index < -0.39 is 35.2 Å². The van der Waals surface area contributed by atoms with Crippen molar-refractivity contribution < 1.29 is 33.9 Å². The third-order valence-electron chi connectivity index (χ3n) is 4.52. The van der Waals surface area contributed by atoms with Crippen molar-refractivity contribution in [3.63, 3.8) is 0 Å². The number of β-lactam (4-membered cyclic amide) rings is 1. The average molecular weight is 484 g/mol. The summed E-state index contributed by atoms with van der Waals surface area (Å²) >= 11 is 2.43. The molecule has 1 fully saturated rings. The lowest BCUT2D eigenvalue weighted by atomic mass is 10.0. The molecule has 32 heavy (non-hydrogen) atoms. The first-order valence-electron chi connectivity index (χ1n) is 9.43. The lowest BCUT2D eigenvalue weighted by molar-refractivity contribution is -0.150. The van der Waals surface area contributed by atoms with Crippen molar-refractivity contribution in [2.45, 2.75) is 32.2 Å². The zero-order chi connectivity index (χ0) is 23.6. The van der Waals surface area contributed by atoms with E-state index in [0.717, 1.165) is 4.90 Å². The summed E-state index contributed by atoms with van der Waals surface area (Å²) in [7, 11) is 0. The number of nitrogen functional groups attached to an aromatic ring is 1. The Labute approximate surface area is 190 Å². The number of carbonyl (C=O) groups is 4. The van der Waals surface area contributed by atoms with Gasteiger partial charge in [0.25, 0.3) is 11.8 Å². The summed E-state index contributed by atoms with van der Waals surface area (Å²) in [4.78, 5) is 59.4. The minimum absolute atomic E-state index is 0.131. The van der Waals surface area contributed by atoms with E-state index in [1.54, 1.807) is 13.8 Å². The first-order chi connectivity index (χ1) is 15.1. The van der Waals surface area contributed by atoms with Crippen molar-refractivity contribution in [3.05, 3.63) is 21.8 Å². The van der Waals surface area contributed by atoms with E-state index in [9.17, 15) is 24.3 Å². The van der Waals surface area contributed by atoms with E-state index in [-0.39, 0.29) is 41.2 Å². The number of hydrogen-bond acceptors (Lipinski definition) is 11. The number of amides is 2. The number of nitrogens with two attached hydrogens (primary N) is 1. The number of aromatic nitrogens is 1. The topological polar surface area (TPSA) is 174 Å². The molecule has 0 aromatic carbocycles. The summed E-state index contributed by atoms with van der Waals surface area (Å²) in [6, 6.07) is -0.972. The van der Waals surface area contributed by atoms with Crippen molar-refractivity contribution in [2.75, 3.05) is 24.7 Å². The maximum absolute atomic E-state index is 12.9. The highest BCUT2D eigenvalue weighted by molar-refractivity contribution is 8.00. The van der Waals surface area contributed by atoms with E-state index >= 15 is 0 Å². The number of oxime groups is 1. The Hall–Kier alpha value is -3.13. The second-order valence-electron chi connectivity index (χ2n) is 6.71. The highest BCUT2D eigenvalue weighted by Gasteiger charge is 2.54. The van der Waals surface area contributed by atoms with Gasteiger partial charge in [0.2, 0.25) is 0 Å². The van der Waals surface area contributed by atoms with Crippen LogP contribution in [0, 0.1) is 6.92 Å². The van der Waals surface area contributed by atoms with Crippen LogP contribution in [-0.2, 0) is 28.8 Å². The van der Waals surface area contributed by atoms with Crippen LogP contribution in [0.1, 0.15) is 24.4 Å². The SMILES string of the molecule is CCON=C(C(=O)N[C@@H]1C(=O)N2C(C(=O)O)=C(COC(C)=O)CS[C@H]12)c1nc(N)sc1C. The molecule has 1 saturated heterocycles. The van der Waals surface area contributed by atoms with Gasteiger partial charge in [-0.25, -0.2) is 9.78 Å². The Morgan fingerprint density at radius 1 is 1.41 bits per heavy atom. The molecular weight excluding hydrogens is 462 g/mol. The van der Waals surface area contributed by atoms with Crippen molar-refractivity contribution in [1.29, 1.82) is 0 Å². The molecule has 0 bridgehead atoms. The number of thiazole rings is 1. The lowest BCUT2D eigenvalue weighted by Gasteiger charge is -2.49. The number of carboxylic acid groups (broad SMARTS) is 1. The normalized spacial score (nSPS) is 20.4. The van der Waals surface area contributed by atoms with E-state index in [1.807, 2.05) is 0 Å². The number of carbonyl (C=O) groups excluding carboxylic acids is 3. The van der Waals surface area contributed by atoms with Gasteiger partial charge < -0.3 is 25.7 Å². The number of nitrogens with zero attached hydrogens (tertiary/aromatic N) is 3. The summed E-state index contributed by atoms with van der Waals surface area (Å²) < 4.78 is 4.90. The fraction of sp³-hybridized carbons (Fsp3) is 0.444. The van der Waals surface area contributed by atoms with E-state index in [4.69, 9.17) is 15.3 Å². The molecule has 4 N–H and O–H groups in total. The van der Waals surface area contributed by atoms with Crippen LogP contribution in [0.2, 0.25) is 0 Å². The van der Waals surface area contributed by atoms with Gasteiger partial charge >= 0.3 is 11.9 Å². The van der Waals surface area contributed by atoms with Gasteiger partial charge in [-0.2, -0.15) is 0 Å².